The monoisotopic (exact) mass is 261 g/mol. The zero-order valence-corrected chi connectivity index (χ0v) is 11.6. The second-order valence-corrected chi connectivity index (χ2v) is 4.20. The summed E-state index contributed by atoms with van der Waals surface area (Å²) >= 11 is 0. The van der Waals surface area contributed by atoms with Crippen LogP contribution in [0.3, 0.4) is 0 Å². The average Bonchev–Trinajstić information content (AvgIpc) is 2.93. The van der Waals surface area contributed by atoms with Gasteiger partial charge in [-0.25, -0.2) is 0 Å². The standard InChI is InChI=1S/C13H19N5O/c1-4-10-9-11(5-6-12(10)19-3)18-16-13(15-17-18)7-8-14-2/h5-6,9,14H,4,7-8H2,1-3H3. The molecule has 1 heterocycles. The Kier molecular flexibility index (Phi) is 4.46. The lowest BCUT2D eigenvalue weighted by atomic mass is 10.1. The van der Waals surface area contributed by atoms with Crippen molar-refractivity contribution in [3.63, 3.8) is 0 Å². The van der Waals surface area contributed by atoms with Crippen molar-refractivity contribution in [1.29, 1.82) is 0 Å². The Morgan fingerprint density at radius 1 is 1.37 bits per heavy atom. The normalized spacial score (nSPS) is 10.7. The highest BCUT2D eigenvalue weighted by molar-refractivity contribution is 5.43. The third-order valence-electron chi connectivity index (χ3n) is 2.93. The average molecular weight is 261 g/mol. The first-order valence-electron chi connectivity index (χ1n) is 6.39. The minimum Gasteiger partial charge on any atom is -0.496 e. The number of hydrogen-bond donors (Lipinski definition) is 1. The van der Waals surface area contributed by atoms with E-state index in [1.54, 1.807) is 11.9 Å². The molecule has 0 aliphatic carbocycles. The summed E-state index contributed by atoms with van der Waals surface area (Å²) in [5, 5.41) is 15.5. The summed E-state index contributed by atoms with van der Waals surface area (Å²) in [6.45, 7) is 2.93. The summed E-state index contributed by atoms with van der Waals surface area (Å²) in [5.74, 6) is 1.63. The van der Waals surface area contributed by atoms with Crippen LogP contribution in [0.2, 0.25) is 0 Å². The summed E-state index contributed by atoms with van der Waals surface area (Å²) in [5.41, 5.74) is 2.04. The van der Waals surface area contributed by atoms with Gasteiger partial charge >= 0.3 is 0 Å². The lowest BCUT2D eigenvalue weighted by Crippen LogP contribution is -2.11. The molecular formula is C13H19N5O. The van der Waals surface area contributed by atoms with E-state index in [4.69, 9.17) is 4.74 Å². The highest BCUT2D eigenvalue weighted by Crippen LogP contribution is 2.21. The number of benzene rings is 1. The Bertz CT molecular complexity index is 538. The van der Waals surface area contributed by atoms with Crippen molar-refractivity contribution >= 4 is 0 Å². The van der Waals surface area contributed by atoms with Crippen molar-refractivity contribution in [2.24, 2.45) is 0 Å². The van der Waals surface area contributed by atoms with Gasteiger partial charge in [0.1, 0.15) is 5.75 Å². The molecular weight excluding hydrogens is 242 g/mol. The fourth-order valence-electron chi connectivity index (χ4n) is 1.86. The van der Waals surface area contributed by atoms with Crippen LogP contribution < -0.4 is 10.1 Å². The Balaban J connectivity index is 2.23. The molecule has 0 atom stereocenters. The van der Waals surface area contributed by atoms with Gasteiger partial charge in [0.2, 0.25) is 0 Å². The summed E-state index contributed by atoms with van der Waals surface area (Å²) in [4.78, 5) is 1.56. The van der Waals surface area contributed by atoms with Crippen LogP contribution in [-0.4, -0.2) is 40.9 Å². The molecule has 0 amide bonds. The maximum atomic E-state index is 5.31. The second-order valence-electron chi connectivity index (χ2n) is 4.20. The van der Waals surface area contributed by atoms with E-state index in [1.807, 2.05) is 25.2 Å². The third-order valence-corrected chi connectivity index (χ3v) is 2.93. The molecule has 6 nitrogen and oxygen atoms in total. The van der Waals surface area contributed by atoms with Crippen LogP contribution in [0, 0.1) is 0 Å². The highest BCUT2D eigenvalue weighted by Gasteiger charge is 2.07. The number of nitrogens with one attached hydrogen (secondary N) is 1. The van der Waals surface area contributed by atoms with E-state index < -0.39 is 0 Å². The van der Waals surface area contributed by atoms with Gasteiger partial charge in [-0.15, -0.1) is 15.0 Å². The van der Waals surface area contributed by atoms with Crippen LogP contribution in [0.4, 0.5) is 0 Å². The van der Waals surface area contributed by atoms with Gasteiger partial charge in [-0.05, 0) is 42.4 Å². The van der Waals surface area contributed by atoms with E-state index in [0.717, 1.165) is 42.2 Å². The van der Waals surface area contributed by atoms with Gasteiger partial charge in [-0.3, -0.25) is 0 Å². The Morgan fingerprint density at radius 2 is 2.21 bits per heavy atom. The molecule has 0 saturated heterocycles. The smallest absolute Gasteiger partial charge is 0.176 e. The molecule has 0 aliphatic heterocycles. The van der Waals surface area contributed by atoms with Gasteiger partial charge in [0.15, 0.2) is 5.82 Å². The highest BCUT2D eigenvalue weighted by atomic mass is 16.5. The summed E-state index contributed by atoms with van der Waals surface area (Å²) < 4.78 is 5.31. The van der Waals surface area contributed by atoms with Crippen molar-refractivity contribution in [3.05, 3.63) is 29.6 Å². The van der Waals surface area contributed by atoms with Crippen LogP contribution in [-0.2, 0) is 12.8 Å². The zero-order chi connectivity index (χ0) is 13.7. The van der Waals surface area contributed by atoms with Gasteiger partial charge in [-0.2, -0.15) is 0 Å². The molecule has 2 rings (SSSR count). The first kappa shape index (κ1) is 13.5. The van der Waals surface area contributed by atoms with E-state index in [1.165, 1.54) is 0 Å². The molecule has 1 aromatic heterocycles. The zero-order valence-electron chi connectivity index (χ0n) is 11.6. The van der Waals surface area contributed by atoms with Gasteiger partial charge in [0.05, 0.1) is 12.8 Å². The minimum absolute atomic E-state index is 0.739. The molecule has 0 radical (unpaired) electrons. The third kappa shape index (κ3) is 3.08. The fourth-order valence-corrected chi connectivity index (χ4v) is 1.86. The van der Waals surface area contributed by atoms with Crippen molar-refractivity contribution in [1.82, 2.24) is 25.5 Å². The van der Waals surface area contributed by atoms with Gasteiger partial charge in [-0.1, -0.05) is 6.92 Å². The Hall–Kier alpha value is -1.95. The second kappa shape index (κ2) is 6.29. The largest absolute Gasteiger partial charge is 0.496 e. The number of likely N-dealkylation sites (N-methyl/N-ethyl adjacent to an activating group) is 1. The molecule has 0 unspecified atom stereocenters. The number of aryl methyl sites for hydroxylation is 1. The number of ether oxygens (including phenoxy) is 1. The number of tetrazole rings is 1. The van der Waals surface area contributed by atoms with E-state index in [2.05, 4.69) is 27.7 Å². The maximum absolute atomic E-state index is 5.31. The molecule has 1 N–H and O–H groups in total. The topological polar surface area (TPSA) is 64.9 Å². The Morgan fingerprint density at radius 3 is 2.89 bits per heavy atom. The van der Waals surface area contributed by atoms with E-state index in [0.29, 0.717) is 0 Å². The van der Waals surface area contributed by atoms with Gasteiger partial charge in [0.25, 0.3) is 0 Å². The first-order valence-corrected chi connectivity index (χ1v) is 6.39. The van der Waals surface area contributed by atoms with E-state index >= 15 is 0 Å². The molecule has 0 bridgehead atoms. The predicted octanol–water partition coefficient (Wildman–Crippen LogP) is 0.995. The minimum atomic E-state index is 0.739. The van der Waals surface area contributed by atoms with Crippen molar-refractivity contribution in [2.75, 3.05) is 20.7 Å². The lowest BCUT2D eigenvalue weighted by molar-refractivity contribution is 0.410. The van der Waals surface area contributed by atoms with Crippen molar-refractivity contribution < 1.29 is 4.74 Å². The van der Waals surface area contributed by atoms with Crippen LogP contribution in [0.15, 0.2) is 18.2 Å². The SMILES string of the molecule is CCc1cc(-n2nnc(CCNC)n2)ccc1OC. The Labute approximate surface area is 112 Å². The molecule has 0 aliphatic rings. The van der Waals surface area contributed by atoms with Crippen LogP contribution in [0.1, 0.15) is 18.3 Å². The van der Waals surface area contributed by atoms with Crippen molar-refractivity contribution in [3.8, 4) is 11.4 Å². The molecule has 102 valence electrons. The first-order chi connectivity index (χ1) is 9.28. The van der Waals surface area contributed by atoms with E-state index in [9.17, 15) is 0 Å². The molecule has 1 aromatic carbocycles. The lowest BCUT2D eigenvalue weighted by Gasteiger charge is -2.07. The van der Waals surface area contributed by atoms with Crippen LogP contribution >= 0.6 is 0 Å². The molecule has 0 spiro atoms. The number of aromatic nitrogens is 4. The van der Waals surface area contributed by atoms with Crippen LogP contribution in [0.25, 0.3) is 5.69 Å². The van der Waals surface area contributed by atoms with Gasteiger partial charge in [0, 0.05) is 13.0 Å². The fraction of sp³-hybridized carbons (Fsp3) is 0.462. The maximum Gasteiger partial charge on any atom is 0.176 e. The number of hydrogen-bond acceptors (Lipinski definition) is 5. The quantitative estimate of drug-likeness (QED) is 0.840. The summed E-state index contributed by atoms with van der Waals surface area (Å²) in [6, 6.07) is 5.90. The molecule has 19 heavy (non-hydrogen) atoms. The van der Waals surface area contributed by atoms with E-state index in [-0.39, 0.29) is 0 Å². The number of nitrogens with zero attached hydrogens (tertiary/aromatic N) is 4. The molecule has 2 aromatic rings. The number of rotatable bonds is 6. The van der Waals surface area contributed by atoms with Gasteiger partial charge < -0.3 is 10.1 Å². The summed E-state index contributed by atoms with van der Waals surface area (Å²) in [6.07, 6.45) is 1.67. The molecule has 0 fully saturated rings. The summed E-state index contributed by atoms with van der Waals surface area (Å²) in [7, 11) is 3.58. The van der Waals surface area contributed by atoms with Crippen molar-refractivity contribution in [2.45, 2.75) is 19.8 Å². The predicted molar refractivity (Wildman–Crippen MR) is 72.7 cm³/mol. The number of methoxy groups -OCH3 is 1. The molecule has 6 heteroatoms. The van der Waals surface area contributed by atoms with Crippen LogP contribution in [0.5, 0.6) is 5.75 Å². The molecule has 0 saturated carbocycles.